The maximum atomic E-state index is 14.2. The number of benzene rings is 1. The van der Waals surface area contributed by atoms with E-state index in [1.165, 1.54) is 49.0 Å². The van der Waals surface area contributed by atoms with Gasteiger partial charge in [-0.25, -0.2) is 4.39 Å². The van der Waals surface area contributed by atoms with Crippen LogP contribution in [0.15, 0.2) is 36.0 Å². The number of anilines is 1. The molecule has 1 aliphatic carbocycles. The summed E-state index contributed by atoms with van der Waals surface area (Å²) in [5, 5.41) is 6.95. The van der Waals surface area contributed by atoms with E-state index in [4.69, 9.17) is 4.98 Å². The molecule has 0 radical (unpaired) electrons. The van der Waals surface area contributed by atoms with Gasteiger partial charge in [-0.3, -0.25) is 9.78 Å². The maximum Gasteiger partial charge on any atom is 0.255 e. The van der Waals surface area contributed by atoms with E-state index in [1.807, 2.05) is 19.9 Å². The number of amides is 1. The lowest BCUT2D eigenvalue weighted by molar-refractivity contribution is 0.0940. The van der Waals surface area contributed by atoms with Gasteiger partial charge in [0.25, 0.3) is 5.91 Å². The molecule has 2 aromatic rings. The number of carbonyl (C=O) groups is 1. The van der Waals surface area contributed by atoms with E-state index in [9.17, 15) is 9.18 Å². The Morgan fingerprint density at radius 2 is 2.08 bits per heavy atom. The number of hydrogen-bond donors (Lipinski definition) is 2. The minimum absolute atomic E-state index is 0.114. The van der Waals surface area contributed by atoms with Crippen LogP contribution in [0.2, 0.25) is 0 Å². The van der Waals surface area contributed by atoms with Gasteiger partial charge in [-0.15, -0.1) is 0 Å². The standard InChI is InChI=1S/C34H45FN4O/c1-6-7-9-28(25-10-11-25)31-29(16-22(2)3)32(39-15-13-34(21-39)12-8-14-37-34)30(20-36-31)33(40)38-24(5)26-17-23(4)18-27(35)19-26/h9,16-20,24-25,37H,6-8,10-15,21H2,1-5H3,(H,38,40)/b28-9-. The first-order valence-corrected chi connectivity index (χ1v) is 15.2. The Morgan fingerprint density at radius 1 is 1.27 bits per heavy atom. The van der Waals surface area contributed by atoms with Gasteiger partial charge in [-0.1, -0.05) is 37.1 Å². The number of nitrogens with zero attached hydrogens (tertiary/aromatic N) is 2. The van der Waals surface area contributed by atoms with Crippen LogP contribution < -0.4 is 15.5 Å². The first-order chi connectivity index (χ1) is 19.2. The molecule has 0 bridgehead atoms. The van der Waals surface area contributed by atoms with Crippen molar-refractivity contribution in [1.82, 2.24) is 15.6 Å². The molecular formula is C34H45FN4O. The quantitative estimate of drug-likeness (QED) is 0.346. The topological polar surface area (TPSA) is 57.3 Å². The molecule has 2 aliphatic heterocycles. The van der Waals surface area contributed by atoms with Gasteiger partial charge in [0, 0.05) is 30.4 Å². The van der Waals surface area contributed by atoms with Gasteiger partial charge in [0.2, 0.25) is 0 Å². The summed E-state index contributed by atoms with van der Waals surface area (Å²) in [5.41, 5.74) is 7.90. The summed E-state index contributed by atoms with van der Waals surface area (Å²) in [6.07, 6.45) is 14.4. The summed E-state index contributed by atoms with van der Waals surface area (Å²) in [7, 11) is 0. The van der Waals surface area contributed by atoms with E-state index in [0.29, 0.717) is 11.5 Å². The normalized spacial score (nSPS) is 21.6. The van der Waals surface area contributed by atoms with E-state index < -0.39 is 0 Å². The molecule has 40 heavy (non-hydrogen) atoms. The molecule has 1 aromatic heterocycles. The molecular weight excluding hydrogens is 499 g/mol. The zero-order valence-corrected chi connectivity index (χ0v) is 24.9. The van der Waals surface area contributed by atoms with Crippen molar-refractivity contribution >= 4 is 23.2 Å². The predicted octanol–water partition coefficient (Wildman–Crippen LogP) is 7.37. The van der Waals surface area contributed by atoms with Gasteiger partial charge < -0.3 is 15.5 Å². The number of rotatable bonds is 9. The van der Waals surface area contributed by atoms with E-state index in [0.717, 1.165) is 67.0 Å². The Balaban J connectivity index is 1.60. The molecule has 2 unspecified atom stereocenters. The average molecular weight is 545 g/mol. The molecule has 1 aromatic carbocycles. The Hall–Kier alpha value is -2.99. The molecule has 214 valence electrons. The van der Waals surface area contributed by atoms with Gasteiger partial charge in [0.1, 0.15) is 5.82 Å². The van der Waals surface area contributed by atoms with E-state index in [-0.39, 0.29) is 23.3 Å². The van der Waals surface area contributed by atoms with Crippen LogP contribution in [0.25, 0.3) is 11.6 Å². The number of halogens is 1. The van der Waals surface area contributed by atoms with Crippen LogP contribution in [0.3, 0.4) is 0 Å². The van der Waals surface area contributed by atoms with Crippen molar-refractivity contribution in [3.05, 3.63) is 69.8 Å². The number of aryl methyl sites for hydroxylation is 1. The van der Waals surface area contributed by atoms with Crippen LogP contribution >= 0.6 is 0 Å². The second-order valence-electron chi connectivity index (χ2n) is 12.5. The van der Waals surface area contributed by atoms with E-state index >= 15 is 0 Å². The minimum Gasteiger partial charge on any atom is -0.368 e. The van der Waals surface area contributed by atoms with Crippen molar-refractivity contribution in [2.75, 3.05) is 24.5 Å². The second kappa shape index (κ2) is 11.9. The molecule has 3 aliphatic rings. The molecule has 3 heterocycles. The lowest BCUT2D eigenvalue weighted by Crippen LogP contribution is -2.42. The number of allylic oxidation sites excluding steroid dienone is 3. The predicted molar refractivity (Wildman–Crippen MR) is 163 cm³/mol. The third-order valence-electron chi connectivity index (χ3n) is 8.62. The Kier molecular flexibility index (Phi) is 8.46. The summed E-state index contributed by atoms with van der Waals surface area (Å²) in [4.78, 5) is 21.4. The Morgan fingerprint density at radius 3 is 2.73 bits per heavy atom. The summed E-state index contributed by atoms with van der Waals surface area (Å²) in [6.45, 7) is 13.1. The number of unbranched alkanes of at least 4 members (excludes halogenated alkanes) is 1. The minimum atomic E-state index is -0.339. The van der Waals surface area contributed by atoms with E-state index in [2.05, 4.69) is 48.5 Å². The fraction of sp³-hybridized carbons (Fsp3) is 0.529. The fourth-order valence-electron chi connectivity index (χ4n) is 6.48. The van der Waals surface area contributed by atoms with Crippen molar-refractivity contribution in [3.8, 4) is 0 Å². The largest absolute Gasteiger partial charge is 0.368 e. The molecule has 6 heteroatoms. The number of pyridine rings is 1. The van der Waals surface area contributed by atoms with Crippen molar-refractivity contribution in [1.29, 1.82) is 0 Å². The number of aromatic nitrogens is 1. The van der Waals surface area contributed by atoms with Crippen LogP contribution in [0, 0.1) is 18.7 Å². The van der Waals surface area contributed by atoms with E-state index in [1.54, 1.807) is 6.20 Å². The second-order valence-corrected chi connectivity index (χ2v) is 12.5. The van der Waals surface area contributed by atoms with Crippen LogP contribution in [0.1, 0.15) is 111 Å². The van der Waals surface area contributed by atoms with Crippen LogP contribution in [0.4, 0.5) is 10.1 Å². The molecule has 2 saturated heterocycles. The summed E-state index contributed by atoms with van der Waals surface area (Å²) < 4.78 is 14.2. The van der Waals surface area contributed by atoms with Gasteiger partial charge in [-0.2, -0.15) is 0 Å². The highest BCUT2D eigenvalue weighted by atomic mass is 19.1. The third kappa shape index (κ3) is 6.17. The molecule has 1 spiro atoms. The van der Waals surface area contributed by atoms with Crippen molar-refractivity contribution in [2.24, 2.45) is 5.92 Å². The van der Waals surface area contributed by atoms with Gasteiger partial charge in [0.15, 0.2) is 0 Å². The summed E-state index contributed by atoms with van der Waals surface area (Å²) >= 11 is 0. The zero-order chi connectivity index (χ0) is 28.4. The lowest BCUT2D eigenvalue weighted by Gasteiger charge is -2.29. The molecule has 5 nitrogen and oxygen atoms in total. The first-order valence-electron chi connectivity index (χ1n) is 15.2. The van der Waals surface area contributed by atoms with Crippen LogP contribution in [-0.4, -0.2) is 36.1 Å². The fourth-order valence-corrected chi connectivity index (χ4v) is 6.48. The highest BCUT2D eigenvalue weighted by molar-refractivity contribution is 6.03. The summed E-state index contributed by atoms with van der Waals surface area (Å²) in [6, 6.07) is 4.61. The molecule has 5 rings (SSSR count). The average Bonchev–Trinajstić information content (AvgIpc) is 3.50. The van der Waals surface area contributed by atoms with Crippen LogP contribution in [-0.2, 0) is 0 Å². The van der Waals surface area contributed by atoms with Gasteiger partial charge in [-0.05, 0) is 108 Å². The van der Waals surface area contributed by atoms with Crippen LogP contribution in [0.5, 0.6) is 0 Å². The lowest BCUT2D eigenvalue weighted by atomic mass is 9.94. The third-order valence-corrected chi connectivity index (χ3v) is 8.62. The smallest absolute Gasteiger partial charge is 0.255 e. The zero-order valence-electron chi connectivity index (χ0n) is 24.9. The Bertz CT molecular complexity index is 1300. The van der Waals surface area contributed by atoms with Crippen molar-refractivity contribution in [2.45, 2.75) is 91.1 Å². The Labute approximate surface area is 239 Å². The molecule has 1 saturated carbocycles. The molecule has 2 atom stereocenters. The molecule has 2 N–H and O–H groups in total. The van der Waals surface area contributed by atoms with Gasteiger partial charge in [0.05, 0.1) is 23.0 Å². The number of carbonyl (C=O) groups excluding carboxylic acids is 1. The highest BCUT2D eigenvalue weighted by Crippen LogP contribution is 2.46. The SMILES string of the molecule is CCC/C=C(\c1ncc(C(=O)NC(C)c2cc(C)cc(F)c2)c(N2CCC3(CCCN3)C2)c1C=C(C)C)C1CC1. The highest BCUT2D eigenvalue weighted by Gasteiger charge is 2.42. The summed E-state index contributed by atoms with van der Waals surface area (Å²) in [5.74, 6) is 0.0952. The van der Waals surface area contributed by atoms with Crippen molar-refractivity contribution in [3.63, 3.8) is 0 Å². The number of hydrogen-bond acceptors (Lipinski definition) is 4. The first kappa shape index (κ1) is 28.5. The van der Waals surface area contributed by atoms with Gasteiger partial charge >= 0.3 is 0 Å². The maximum absolute atomic E-state index is 14.2. The molecule has 1 amide bonds. The van der Waals surface area contributed by atoms with Crippen molar-refractivity contribution < 1.29 is 9.18 Å². The number of nitrogens with one attached hydrogen (secondary N) is 2. The molecule has 3 fully saturated rings. The monoisotopic (exact) mass is 544 g/mol.